The average Bonchev–Trinajstić information content (AvgIpc) is 1.90. The van der Waals surface area contributed by atoms with E-state index in [9.17, 15) is 0 Å². The smallest absolute Gasteiger partial charge is 0.155 e. The van der Waals surface area contributed by atoms with Crippen molar-refractivity contribution in [2.24, 2.45) is 4.99 Å². The van der Waals surface area contributed by atoms with Crippen molar-refractivity contribution >= 4 is 6.21 Å². The fourth-order valence-electron chi connectivity index (χ4n) is 0.451. The maximum absolute atomic E-state index is 8.22. The van der Waals surface area contributed by atoms with Crippen LogP contribution in [0.4, 0.5) is 0 Å². The van der Waals surface area contributed by atoms with Gasteiger partial charge in [-0.05, 0) is 0 Å². The van der Waals surface area contributed by atoms with Crippen molar-refractivity contribution in [3.63, 3.8) is 0 Å². The summed E-state index contributed by atoms with van der Waals surface area (Å²) in [5.74, 6) is 0. The summed E-state index contributed by atoms with van der Waals surface area (Å²) < 4.78 is 0. The molecular formula is C5H5N3. The minimum atomic E-state index is 0.441. The van der Waals surface area contributed by atoms with Gasteiger partial charge < -0.3 is 5.32 Å². The number of nitriles is 1. The van der Waals surface area contributed by atoms with E-state index in [0.717, 1.165) is 6.54 Å². The minimum Gasteiger partial charge on any atom is -0.384 e. The molecule has 3 heteroatoms. The molecule has 0 amide bonds. The van der Waals surface area contributed by atoms with Crippen molar-refractivity contribution in [3.05, 3.63) is 11.9 Å². The molecule has 8 heavy (non-hydrogen) atoms. The van der Waals surface area contributed by atoms with Crippen LogP contribution in [-0.2, 0) is 0 Å². The molecule has 0 aromatic carbocycles. The Morgan fingerprint density at radius 3 is 3.12 bits per heavy atom. The lowest BCUT2D eigenvalue weighted by atomic mass is 10.5. The van der Waals surface area contributed by atoms with Crippen LogP contribution in [0.2, 0.25) is 0 Å². The molecule has 1 heterocycles. The van der Waals surface area contributed by atoms with Gasteiger partial charge in [0, 0.05) is 19.0 Å². The normalized spacial score (nSPS) is 16.1. The molecule has 3 nitrogen and oxygen atoms in total. The minimum absolute atomic E-state index is 0.441. The fraction of sp³-hybridized carbons (Fsp3) is 0.200. The van der Waals surface area contributed by atoms with Gasteiger partial charge in [0.05, 0.1) is 0 Å². The number of hydrogen-bond donors (Lipinski definition) is 1. The molecule has 0 spiro atoms. The first kappa shape index (κ1) is 4.85. The zero-order valence-corrected chi connectivity index (χ0v) is 4.26. The maximum atomic E-state index is 8.22. The van der Waals surface area contributed by atoms with Crippen LogP contribution in [0.3, 0.4) is 0 Å². The molecular weight excluding hydrogens is 102 g/mol. The highest BCUT2D eigenvalue weighted by Crippen LogP contribution is 1.92. The highest BCUT2D eigenvalue weighted by molar-refractivity contribution is 5.63. The molecule has 0 unspecified atom stereocenters. The lowest BCUT2D eigenvalue weighted by Crippen LogP contribution is -2.12. The number of aliphatic imine (C=N–C) groups is 1. The first-order valence-electron chi connectivity index (χ1n) is 2.29. The van der Waals surface area contributed by atoms with E-state index in [1.165, 1.54) is 0 Å². The predicted octanol–water partition coefficient (Wildman–Crippen LogP) is 0.0254. The van der Waals surface area contributed by atoms with Gasteiger partial charge in [0.1, 0.15) is 6.07 Å². The Kier molecular flexibility index (Phi) is 1.29. The molecule has 0 saturated heterocycles. The van der Waals surface area contributed by atoms with Crippen LogP contribution >= 0.6 is 0 Å². The molecule has 0 aromatic heterocycles. The van der Waals surface area contributed by atoms with Crippen molar-refractivity contribution in [1.82, 2.24) is 5.32 Å². The molecule has 1 aliphatic heterocycles. The average molecular weight is 107 g/mol. The Labute approximate surface area is 47.3 Å². The van der Waals surface area contributed by atoms with Crippen molar-refractivity contribution in [2.75, 3.05) is 6.54 Å². The summed E-state index contributed by atoms with van der Waals surface area (Å²) in [6.45, 7) is 0.727. The Balaban J connectivity index is 2.68. The summed E-state index contributed by atoms with van der Waals surface area (Å²) in [5.41, 5.74) is 0.441. The van der Waals surface area contributed by atoms with Gasteiger partial charge in [0.25, 0.3) is 0 Å². The van der Waals surface area contributed by atoms with E-state index in [1.54, 1.807) is 12.4 Å². The summed E-state index contributed by atoms with van der Waals surface area (Å²) >= 11 is 0. The summed E-state index contributed by atoms with van der Waals surface area (Å²) in [6, 6.07) is 1.90. The highest BCUT2D eigenvalue weighted by atomic mass is 14.9. The monoisotopic (exact) mass is 107 g/mol. The maximum Gasteiger partial charge on any atom is 0.155 e. The van der Waals surface area contributed by atoms with Gasteiger partial charge in [-0.15, -0.1) is 0 Å². The van der Waals surface area contributed by atoms with Crippen LogP contribution in [0.25, 0.3) is 0 Å². The Morgan fingerprint density at radius 1 is 1.88 bits per heavy atom. The van der Waals surface area contributed by atoms with Crippen molar-refractivity contribution in [3.8, 4) is 6.07 Å². The molecule has 40 valence electrons. The first-order valence-corrected chi connectivity index (χ1v) is 2.29. The quantitative estimate of drug-likeness (QED) is 0.474. The Bertz CT molecular complexity index is 173. The first-order chi connectivity index (χ1) is 3.93. The second-order valence-corrected chi connectivity index (χ2v) is 1.36. The van der Waals surface area contributed by atoms with Gasteiger partial charge in [-0.25, -0.2) is 4.99 Å². The zero-order chi connectivity index (χ0) is 5.82. The number of hydrogen-bond acceptors (Lipinski definition) is 3. The van der Waals surface area contributed by atoms with Gasteiger partial charge in [-0.1, -0.05) is 0 Å². The summed E-state index contributed by atoms with van der Waals surface area (Å²) in [7, 11) is 0. The molecule has 0 bridgehead atoms. The molecule has 0 saturated carbocycles. The van der Waals surface area contributed by atoms with Gasteiger partial charge in [-0.2, -0.15) is 5.26 Å². The van der Waals surface area contributed by atoms with E-state index in [1.807, 2.05) is 6.07 Å². The third kappa shape index (κ3) is 0.850. The van der Waals surface area contributed by atoms with E-state index in [0.29, 0.717) is 5.70 Å². The van der Waals surface area contributed by atoms with E-state index in [-0.39, 0.29) is 0 Å². The molecule has 1 N–H and O–H groups in total. The molecule has 0 aromatic rings. The number of allylic oxidation sites excluding steroid dienone is 1. The van der Waals surface area contributed by atoms with Crippen LogP contribution in [0.5, 0.6) is 0 Å². The molecule has 1 rings (SSSR count). The summed E-state index contributed by atoms with van der Waals surface area (Å²) in [5, 5.41) is 11.1. The van der Waals surface area contributed by atoms with E-state index in [4.69, 9.17) is 5.26 Å². The van der Waals surface area contributed by atoms with E-state index >= 15 is 0 Å². The van der Waals surface area contributed by atoms with Crippen LogP contribution < -0.4 is 5.32 Å². The van der Waals surface area contributed by atoms with E-state index in [2.05, 4.69) is 10.3 Å². The lowest BCUT2D eigenvalue weighted by Gasteiger charge is -1.98. The van der Waals surface area contributed by atoms with Gasteiger partial charge in [-0.3, -0.25) is 0 Å². The van der Waals surface area contributed by atoms with E-state index < -0.39 is 0 Å². The molecule has 0 fully saturated rings. The number of nitrogens with zero attached hydrogens (tertiary/aromatic N) is 2. The Morgan fingerprint density at radius 2 is 2.75 bits per heavy atom. The number of nitrogens with one attached hydrogen (secondary N) is 1. The molecule has 0 aliphatic carbocycles. The molecule has 0 atom stereocenters. The number of rotatable bonds is 0. The topological polar surface area (TPSA) is 48.2 Å². The Hall–Kier alpha value is -1.30. The van der Waals surface area contributed by atoms with Crippen LogP contribution in [0, 0.1) is 11.3 Å². The molecule has 1 aliphatic rings. The van der Waals surface area contributed by atoms with Crippen molar-refractivity contribution < 1.29 is 0 Å². The van der Waals surface area contributed by atoms with Crippen molar-refractivity contribution in [2.45, 2.75) is 0 Å². The van der Waals surface area contributed by atoms with Crippen LogP contribution in [0.15, 0.2) is 16.9 Å². The van der Waals surface area contributed by atoms with Crippen molar-refractivity contribution in [1.29, 1.82) is 5.26 Å². The largest absolute Gasteiger partial charge is 0.384 e. The standard InChI is InChI=1S/C5H5N3/c6-3-5-4-7-1-2-8-5/h2,4,7H,1H2. The fourth-order valence-corrected chi connectivity index (χ4v) is 0.451. The summed E-state index contributed by atoms with van der Waals surface area (Å²) in [6.07, 6.45) is 3.26. The predicted molar refractivity (Wildman–Crippen MR) is 30.2 cm³/mol. The van der Waals surface area contributed by atoms with Gasteiger partial charge >= 0.3 is 0 Å². The highest BCUT2D eigenvalue weighted by Gasteiger charge is 1.91. The zero-order valence-electron chi connectivity index (χ0n) is 4.26. The molecule has 0 radical (unpaired) electrons. The lowest BCUT2D eigenvalue weighted by molar-refractivity contribution is 0.989. The van der Waals surface area contributed by atoms with Crippen LogP contribution in [0.1, 0.15) is 0 Å². The third-order valence-electron chi connectivity index (χ3n) is 0.793. The second kappa shape index (κ2) is 2.12. The SMILES string of the molecule is N#CC1=CNCC=N1. The van der Waals surface area contributed by atoms with Gasteiger partial charge in [0.2, 0.25) is 0 Å². The summed E-state index contributed by atoms with van der Waals surface area (Å²) in [4.78, 5) is 3.76. The van der Waals surface area contributed by atoms with Crippen LogP contribution in [-0.4, -0.2) is 12.8 Å². The van der Waals surface area contributed by atoms with Gasteiger partial charge in [0.15, 0.2) is 5.70 Å². The second-order valence-electron chi connectivity index (χ2n) is 1.36. The third-order valence-corrected chi connectivity index (χ3v) is 0.793.